The van der Waals surface area contributed by atoms with E-state index in [1.165, 1.54) is 23.6 Å². The number of aryl methyl sites for hydroxylation is 1. The minimum Gasteiger partial charge on any atom is -0.365 e. The van der Waals surface area contributed by atoms with Gasteiger partial charge >= 0.3 is 5.69 Å². The van der Waals surface area contributed by atoms with Crippen molar-refractivity contribution in [2.75, 3.05) is 38.1 Å². The molecule has 0 unspecified atom stereocenters. The van der Waals surface area contributed by atoms with Crippen molar-refractivity contribution in [2.45, 2.75) is 13.5 Å². The maximum atomic E-state index is 15.0. The van der Waals surface area contributed by atoms with Crippen molar-refractivity contribution in [3.63, 3.8) is 0 Å². The van der Waals surface area contributed by atoms with Gasteiger partial charge in [-0.25, -0.2) is 19.2 Å². The van der Waals surface area contributed by atoms with Crippen LogP contribution in [-0.4, -0.2) is 63.4 Å². The van der Waals surface area contributed by atoms with Gasteiger partial charge in [-0.1, -0.05) is 0 Å². The summed E-state index contributed by atoms with van der Waals surface area (Å²) in [4.78, 5) is 38.8. The molecule has 4 aromatic rings. The second kappa shape index (κ2) is 8.49. The second-order valence-electron chi connectivity index (χ2n) is 8.35. The number of hydrogen-bond acceptors (Lipinski definition) is 6. The molecule has 0 spiro atoms. The third-order valence-electron chi connectivity index (χ3n) is 6.07. The van der Waals surface area contributed by atoms with Crippen molar-refractivity contribution in [3.8, 4) is 0 Å². The molecule has 1 amide bonds. The molecule has 2 N–H and O–H groups in total. The Morgan fingerprint density at radius 3 is 2.62 bits per heavy atom. The Bertz CT molecular complexity index is 1470. The Hall–Kier alpha value is -3.86. The largest absolute Gasteiger partial charge is 0.365 e. The van der Waals surface area contributed by atoms with E-state index in [1.54, 1.807) is 25.3 Å². The molecule has 0 radical (unpaired) electrons. The number of carbonyl (C=O) groups is 1. The third kappa shape index (κ3) is 3.87. The number of nitrogens with one attached hydrogen (secondary N) is 2. The maximum Gasteiger partial charge on any atom is 0.331 e. The number of pyridine rings is 1. The Balaban J connectivity index is 1.32. The number of carbonyl (C=O) groups excluding carboxylic acids is 1. The predicted molar refractivity (Wildman–Crippen MR) is 123 cm³/mol. The average molecular weight is 467 g/mol. The van der Waals surface area contributed by atoms with E-state index in [9.17, 15) is 14.0 Å². The van der Waals surface area contributed by atoms with E-state index >= 15 is 4.39 Å². The molecule has 11 heteroatoms. The quantitative estimate of drug-likeness (QED) is 0.445. The van der Waals surface area contributed by atoms with Crippen molar-refractivity contribution in [3.05, 3.63) is 69.7 Å². The minimum atomic E-state index is -0.685. The van der Waals surface area contributed by atoms with Crippen LogP contribution in [0.15, 0.2) is 35.3 Å². The fraction of sp³-hybridized carbons (Fsp3) is 0.304. The van der Waals surface area contributed by atoms with E-state index in [0.29, 0.717) is 55.3 Å². The van der Waals surface area contributed by atoms with E-state index in [1.807, 2.05) is 4.90 Å². The SMILES string of the molecule is CNC(=O)c1ccc(N2CCN(Cc3cc(F)c4c(c3)[nH]c(=O)n3cc(C)nc43)CC2)c(F)n1. The highest BCUT2D eigenvalue weighted by molar-refractivity contribution is 5.92. The molecule has 3 aromatic heterocycles. The lowest BCUT2D eigenvalue weighted by Crippen LogP contribution is -2.46. The molecule has 34 heavy (non-hydrogen) atoms. The Morgan fingerprint density at radius 2 is 1.91 bits per heavy atom. The maximum absolute atomic E-state index is 15.0. The van der Waals surface area contributed by atoms with Gasteiger partial charge in [0.15, 0.2) is 5.65 Å². The molecule has 0 saturated carbocycles. The fourth-order valence-corrected chi connectivity index (χ4v) is 4.41. The summed E-state index contributed by atoms with van der Waals surface area (Å²) in [5, 5.41) is 2.71. The fourth-order valence-electron chi connectivity index (χ4n) is 4.41. The number of halogens is 2. The normalized spacial score (nSPS) is 14.8. The first kappa shape index (κ1) is 22.0. The summed E-state index contributed by atoms with van der Waals surface area (Å²) in [5.41, 5.74) is 2.07. The summed E-state index contributed by atoms with van der Waals surface area (Å²) in [6.07, 6.45) is 1.57. The molecule has 9 nitrogen and oxygen atoms in total. The molecule has 1 aliphatic heterocycles. The molecule has 0 aliphatic carbocycles. The van der Waals surface area contributed by atoms with Gasteiger partial charge in [-0.05, 0) is 36.8 Å². The Morgan fingerprint density at radius 1 is 1.15 bits per heavy atom. The van der Waals surface area contributed by atoms with Crippen LogP contribution in [0.4, 0.5) is 14.5 Å². The van der Waals surface area contributed by atoms with Gasteiger partial charge in [-0.15, -0.1) is 0 Å². The summed E-state index contributed by atoms with van der Waals surface area (Å²) in [6, 6.07) is 6.31. The van der Waals surface area contributed by atoms with Crippen molar-refractivity contribution in [1.82, 2.24) is 29.6 Å². The molecule has 1 aromatic carbocycles. The number of nitrogens with zero attached hydrogens (tertiary/aromatic N) is 5. The molecule has 1 fully saturated rings. The lowest BCUT2D eigenvalue weighted by Gasteiger charge is -2.36. The number of aromatic amines is 1. The molecule has 0 bridgehead atoms. The van der Waals surface area contributed by atoms with Crippen molar-refractivity contribution in [2.24, 2.45) is 0 Å². The molecule has 5 rings (SSSR count). The average Bonchev–Trinajstić information content (AvgIpc) is 3.20. The van der Waals surface area contributed by atoms with E-state index in [-0.39, 0.29) is 16.8 Å². The van der Waals surface area contributed by atoms with Gasteiger partial charge in [0.2, 0.25) is 5.95 Å². The van der Waals surface area contributed by atoms with Crippen LogP contribution in [-0.2, 0) is 6.54 Å². The van der Waals surface area contributed by atoms with Gasteiger partial charge in [-0.2, -0.15) is 4.39 Å². The number of hydrogen-bond donors (Lipinski definition) is 2. The number of imidazole rings is 1. The number of rotatable bonds is 4. The highest BCUT2D eigenvalue weighted by Crippen LogP contribution is 2.24. The number of H-pyrrole nitrogens is 1. The zero-order valence-corrected chi connectivity index (χ0v) is 18.7. The lowest BCUT2D eigenvalue weighted by molar-refractivity contribution is 0.0957. The third-order valence-corrected chi connectivity index (χ3v) is 6.07. The van der Waals surface area contributed by atoms with Gasteiger partial charge in [0.1, 0.15) is 11.5 Å². The standard InChI is InChI=1S/C23H23F2N7O2/c1-13-11-32-21(27-13)19-15(24)9-14(10-17(19)29-23(32)34)12-30-5-7-31(8-6-30)18-4-3-16(22(33)26-2)28-20(18)25/h3-4,9-11H,5-8,12H2,1-2H3,(H,26,33)(H,29,34). The topological polar surface area (TPSA) is 98.6 Å². The molecule has 0 atom stereocenters. The number of piperazine rings is 1. The number of fused-ring (bicyclic) bond motifs is 3. The van der Waals surface area contributed by atoms with Crippen molar-refractivity contribution >= 4 is 28.1 Å². The number of anilines is 1. The van der Waals surface area contributed by atoms with Crippen LogP contribution in [0.1, 0.15) is 21.7 Å². The second-order valence-corrected chi connectivity index (χ2v) is 8.35. The van der Waals surface area contributed by atoms with Crippen LogP contribution < -0.4 is 15.9 Å². The van der Waals surface area contributed by atoms with Gasteiger partial charge < -0.3 is 15.2 Å². The van der Waals surface area contributed by atoms with Crippen molar-refractivity contribution in [1.29, 1.82) is 0 Å². The Labute approximate surface area is 193 Å². The monoisotopic (exact) mass is 467 g/mol. The van der Waals surface area contributed by atoms with E-state index in [4.69, 9.17) is 0 Å². The summed E-state index contributed by atoms with van der Waals surface area (Å²) < 4.78 is 30.8. The molecule has 1 saturated heterocycles. The zero-order chi connectivity index (χ0) is 24.0. The van der Waals surface area contributed by atoms with Gasteiger partial charge in [-0.3, -0.25) is 14.1 Å². The van der Waals surface area contributed by atoms with Crippen LogP contribution in [0, 0.1) is 18.7 Å². The summed E-state index contributed by atoms with van der Waals surface area (Å²) in [5.74, 6) is -1.57. The summed E-state index contributed by atoms with van der Waals surface area (Å²) in [6.45, 7) is 4.61. The first-order chi connectivity index (χ1) is 16.3. The van der Waals surface area contributed by atoms with Crippen molar-refractivity contribution < 1.29 is 13.6 Å². The van der Waals surface area contributed by atoms with E-state index in [0.717, 1.165) is 5.56 Å². The highest BCUT2D eigenvalue weighted by atomic mass is 19.1. The molecular formula is C23H23F2N7O2. The van der Waals surface area contributed by atoms with Gasteiger partial charge in [0.05, 0.1) is 22.3 Å². The van der Waals surface area contributed by atoms with Crippen LogP contribution in [0.25, 0.3) is 16.6 Å². The lowest BCUT2D eigenvalue weighted by atomic mass is 10.1. The number of amides is 1. The molecule has 1 aliphatic rings. The minimum absolute atomic E-state index is 0.0292. The molecular weight excluding hydrogens is 444 g/mol. The highest BCUT2D eigenvalue weighted by Gasteiger charge is 2.22. The van der Waals surface area contributed by atoms with E-state index < -0.39 is 17.7 Å². The predicted octanol–water partition coefficient (Wildman–Crippen LogP) is 1.84. The van der Waals surface area contributed by atoms with Gasteiger partial charge in [0, 0.05) is 46.0 Å². The number of aromatic nitrogens is 4. The molecule has 4 heterocycles. The van der Waals surface area contributed by atoms with Crippen LogP contribution in [0.5, 0.6) is 0 Å². The first-order valence-electron chi connectivity index (χ1n) is 10.9. The van der Waals surface area contributed by atoms with Crippen LogP contribution in [0.2, 0.25) is 0 Å². The van der Waals surface area contributed by atoms with Gasteiger partial charge in [0.25, 0.3) is 5.91 Å². The Kier molecular flexibility index (Phi) is 5.48. The smallest absolute Gasteiger partial charge is 0.331 e. The van der Waals surface area contributed by atoms with E-state index in [2.05, 4.69) is 25.2 Å². The summed E-state index contributed by atoms with van der Waals surface area (Å²) >= 11 is 0. The van der Waals surface area contributed by atoms with Crippen LogP contribution >= 0.6 is 0 Å². The zero-order valence-electron chi connectivity index (χ0n) is 18.7. The van der Waals surface area contributed by atoms with Crippen LogP contribution in [0.3, 0.4) is 0 Å². The number of benzene rings is 1. The summed E-state index contributed by atoms with van der Waals surface area (Å²) in [7, 11) is 1.47. The molecule has 176 valence electrons. The first-order valence-corrected chi connectivity index (χ1v) is 10.9.